The van der Waals surface area contributed by atoms with Gasteiger partial charge in [0, 0.05) is 31.2 Å². The van der Waals surface area contributed by atoms with E-state index in [0.29, 0.717) is 18.2 Å². The third-order valence-electron chi connectivity index (χ3n) is 4.16. The van der Waals surface area contributed by atoms with Crippen molar-refractivity contribution >= 4 is 9.84 Å². The fourth-order valence-electron chi connectivity index (χ4n) is 2.84. The van der Waals surface area contributed by atoms with Gasteiger partial charge in [0.05, 0.1) is 24.2 Å². The van der Waals surface area contributed by atoms with E-state index < -0.39 is 9.84 Å². The van der Waals surface area contributed by atoms with Crippen LogP contribution in [0.5, 0.6) is 0 Å². The van der Waals surface area contributed by atoms with E-state index in [4.69, 9.17) is 4.74 Å². The van der Waals surface area contributed by atoms with Crippen LogP contribution >= 0.6 is 0 Å². The second-order valence-corrected chi connectivity index (χ2v) is 8.55. The molecule has 0 bridgehead atoms. The van der Waals surface area contributed by atoms with E-state index in [1.165, 1.54) is 0 Å². The molecule has 2 atom stereocenters. The molecule has 2 aliphatic heterocycles. The van der Waals surface area contributed by atoms with Crippen molar-refractivity contribution in [2.75, 3.05) is 37.7 Å². The normalized spacial score (nSPS) is 35.9. The lowest BCUT2D eigenvalue weighted by Crippen LogP contribution is -2.53. The predicted molar refractivity (Wildman–Crippen MR) is 76.1 cm³/mol. The third kappa shape index (κ3) is 4.15. The highest BCUT2D eigenvalue weighted by atomic mass is 32.2. The summed E-state index contributed by atoms with van der Waals surface area (Å²) in [4.78, 5) is 2.41. The summed E-state index contributed by atoms with van der Waals surface area (Å²) in [5, 5.41) is 3.41. The molecule has 0 saturated carbocycles. The topological polar surface area (TPSA) is 58.6 Å². The minimum absolute atomic E-state index is 0.163. The lowest BCUT2D eigenvalue weighted by Gasteiger charge is -2.37. The SMILES string of the molecule is CC(C)N1CCOC(CNC2(C)CCS(=O)(=O)C2)C1. The number of sulfone groups is 1. The molecule has 5 nitrogen and oxygen atoms in total. The van der Waals surface area contributed by atoms with Gasteiger partial charge in [-0.05, 0) is 27.2 Å². The van der Waals surface area contributed by atoms with Crippen molar-refractivity contribution in [3.05, 3.63) is 0 Å². The van der Waals surface area contributed by atoms with Gasteiger partial charge in [-0.25, -0.2) is 8.42 Å². The molecule has 2 unspecified atom stereocenters. The summed E-state index contributed by atoms with van der Waals surface area (Å²) in [6.07, 6.45) is 0.868. The zero-order valence-corrected chi connectivity index (χ0v) is 13.0. The quantitative estimate of drug-likeness (QED) is 0.805. The molecular weight excluding hydrogens is 264 g/mol. The van der Waals surface area contributed by atoms with E-state index in [2.05, 4.69) is 24.1 Å². The molecule has 0 spiro atoms. The Kier molecular flexibility index (Phi) is 4.55. The number of nitrogens with one attached hydrogen (secondary N) is 1. The Morgan fingerprint density at radius 1 is 1.47 bits per heavy atom. The van der Waals surface area contributed by atoms with Crippen LogP contribution in [-0.4, -0.2) is 68.7 Å². The number of rotatable bonds is 4. The Morgan fingerprint density at radius 3 is 2.79 bits per heavy atom. The first-order chi connectivity index (χ1) is 8.80. The molecule has 6 heteroatoms. The van der Waals surface area contributed by atoms with Crippen LogP contribution in [0.4, 0.5) is 0 Å². The first-order valence-corrected chi connectivity index (χ1v) is 8.93. The second kappa shape index (κ2) is 5.68. The standard InChI is InChI=1S/C13H26N2O3S/c1-11(2)15-5-6-18-12(9-15)8-14-13(3)4-7-19(16,17)10-13/h11-12,14H,4-10H2,1-3H3. The van der Waals surface area contributed by atoms with Gasteiger partial charge in [0.1, 0.15) is 0 Å². The molecule has 2 heterocycles. The summed E-state index contributed by atoms with van der Waals surface area (Å²) in [5.41, 5.74) is -0.275. The van der Waals surface area contributed by atoms with Crippen LogP contribution in [0.3, 0.4) is 0 Å². The van der Waals surface area contributed by atoms with Gasteiger partial charge in [-0.3, -0.25) is 4.90 Å². The van der Waals surface area contributed by atoms with Crippen molar-refractivity contribution in [1.82, 2.24) is 10.2 Å². The average molecular weight is 290 g/mol. The van der Waals surface area contributed by atoms with E-state index in [9.17, 15) is 8.42 Å². The summed E-state index contributed by atoms with van der Waals surface area (Å²) in [6, 6.07) is 0.536. The van der Waals surface area contributed by atoms with Gasteiger partial charge in [0.15, 0.2) is 9.84 Å². The molecule has 0 radical (unpaired) electrons. The van der Waals surface area contributed by atoms with Gasteiger partial charge in [-0.2, -0.15) is 0 Å². The lowest BCUT2D eigenvalue weighted by atomic mass is 10.0. The van der Waals surface area contributed by atoms with Crippen LogP contribution < -0.4 is 5.32 Å². The minimum atomic E-state index is -2.84. The molecule has 2 fully saturated rings. The largest absolute Gasteiger partial charge is 0.374 e. The van der Waals surface area contributed by atoms with E-state index >= 15 is 0 Å². The highest BCUT2D eigenvalue weighted by molar-refractivity contribution is 7.91. The molecule has 0 aromatic carbocycles. The zero-order chi connectivity index (χ0) is 14.1. The molecule has 1 N–H and O–H groups in total. The molecule has 0 aromatic heterocycles. The van der Waals surface area contributed by atoms with Crippen LogP contribution in [0.2, 0.25) is 0 Å². The van der Waals surface area contributed by atoms with Gasteiger partial charge in [0.25, 0.3) is 0 Å². The minimum Gasteiger partial charge on any atom is -0.374 e. The number of morpholine rings is 1. The summed E-state index contributed by atoms with van der Waals surface area (Å²) in [7, 11) is -2.84. The second-order valence-electron chi connectivity index (χ2n) is 6.37. The Labute approximate surface area is 116 Å². The lowest BCUT2D eigenvalue weighted by molar-refractivity contribution is -0.0394. The molecule has 2 rings (SSSR count). The predicted octanol–water partition coefficient (Wildman–Crippen LogP) is 0.262. The van der Waals surface area contributed by atoms with Crippen LogP contribution in [-0.2, 0) is 14.6 Å². The zero-order valence-electron chi connectivity index (χ0n) is 12.2. The number of ether oxygens (including phenoxy) is 1. The van der Waals surface area contributed by atoms with Crippen molar-refractivity contribution in [2.45, 2.75) is 44.9 Å². The third-order valence-corrected chi connectivity index (χ3v) is 6.06. The fraction of sp³-hybridized carbons (Fsp3) is 1.00. The number of hydrogen-bond acceptors (Lipinski definition) is 5. The average Bonchev–Trinajstić information content (AvgIpc) is 2.62. The monoisotopic (exact) mass is 290 g/mol. The molecule has 0 aromatic rings. The molecular formula is C13H26N2O3S. The maximum Gasteiger partial charge on any atom is 0.152 e. The van der Waals surface area contributed by atoms with Crippen molar-refractivity contribution in [3.63, 3.8) is 0 Å². The summed E-state index contributed by atoms with van der Waals surface area (Å²) in [6.45, 7) is 9.80. The number of nitrogens with zero attached hydrogens (tertiary/aromatic N) is 1. The summed E-state index contributed by atoms with van der Waals surface area (Å²) >= 11 is 0. The highest BCUT2D eigenvalue weighted by Gasteiger charge is 2.38. The maximum atomic E-state index is 11.6. The van der Waals surface area contributed by atoms with Crippen molar-refractivity contribution in [3.8, 4) is 0 Å². The Balaban J connectivity index is 1.82. The van der Waals surface area contributed by atoms with Crippen molar-refractivity contribution in [1.29, 1.82) is 0 Å². The van der Waals surface area contributed by atoms with Gasteiger partial charge < -0.3 is 10.1 Å². The maximum absolute atomic E-state index is 11.6. The van der Waals surface area contributed by atoms with Gasteiger partial charge in [0.2, 0.25) is 0 Å². The first-order valence-electron chi connectivity index (χ1n) is 7.11. The molecule has 112 valence electrons. The van der Waals surface area contributed by atoms with E-state index in [1.807, 2.05) is 6.92 Å². The van der Waals surface area contributed by atoms with Gasteiger partial charge >= 0.3 is 0 Å². The smallest absolute Gasteiger partial charge is 0.152 e. The fourth-order valence-corrected chi connectivity index (χ4v) is 4.97. The Bertz CT molecular complexity index is 410. The molecule has 19 heavy (non-hydrogen) atoms. The van der Waals surface area contributed by atoms with E-state index in [-0.39, 0.29) is 17.4 Å². The van der Waals surface area contributed by atoms with Gasteiger partial charge in [-0.1, -0.05) is 0 Å². The highest BCUT2D eigenvalue weighted by Crippen LogP contribution is 2.23. The Hall–Kier alpha value is -0.170. The van der Waals surface area contributed by atoms with Crippen LogP contribution in [0.1, 0.15) is 27.2 Å². The van der Waals surface area contributed by atoms with Crippen LogP contribution in [0.25, 0.3) is 0 Å². The molecule has 0 aliphatic carbocycles. The molecule has 2 saturated heterocycles. The summed E-state index contributed by atoms with van der Waals surface area (Å²) in [5.74, 6) is 0.556. The molecule has 2 aliphatic rings. The van der Waals surface area contributed by atoms with E-state index in [1.54, 1.807) is 0 Å². The van der Waals surface area contributed by atoms with Gasteiger partial charge in [-0.15, -0.1) is 0 Å². The van der Waals surface area contributed by atoms with Crippen molar-refractivity contribution in [2.24, 2.45) is 0 Å². The van der Waals surface area contributed by atoms with E-state index in [0.717, 1.165) is 26.2 Å². The van der Waals surface area contributed by atoms with Crippen LogP contribution in [0.15, 0.2) is 0 Å². The first kappa shape index (κ1) is 15.2. The summed E-state index contributed by atoms with van der Waals surface area (Å²) < 4.78 is 28.9. The van der Waals surface area contributed by atoms with Crippen LogP contribution in [0, 0.1) is 0 Å². The van der Waals surface area contributed by atoms with Crippen molar-refractivity contribution < 1.29 is 13.2 Å². The molecule has 0 amide bonds. The number of hydrogen-bond donors (Lipinski definition) is 1. The Morgan fingerprint density at radius 2 is 2.21 bits per heavy atom.